The van der Waals surface area contributed by atoms with Gasteiger partial charge in [-0.1, -0.05) is 54.6 Å². The molecule has 0 aliphatic heterocycles. The Morgan fingerprint density at radius 1 is 0.786 bits per heavy atom. The van der Waals surface area contributed by atoms with E-state index < -0.39 is 47.7 Å². The van der Waals surface area contributed by atoms with Crippen LogP contribution in [0.4, 0.5) is 5.69 Å². The van der Waals surface area contributed by atoms with E-state index in [1.165, 1.54) is 13.8 Å². The normalized spacial score (nSPS) is 12.8. The van der Waals surface area contributed by atoms with Crippen molar-refractivity contribution in [3.8, 4) is 5.75 Å². The predicted molar refractivity (Wildman–Crippen MR) is 158 cm³/mol. The Bertz CT molecular complexity index is 1430. The van der Waals surface area contributed by atoms with E-state index in [1.807, 2.05) is 60.7 Å². The number of nitrogens with one attached hydrogen (secondary N) is 4. The van der Waals surface area contributed by atoms with Crippen LogP contribution in [-0.4, -0.2) is 59.9 Å². The first-order valence-electron chi connectivity index (χ1n) is 13.6. The molecule has 0 saturated carbocycles. The molecule has 11 heteroatoms. The molecule has 222 valence electrons. The molecule has 0 spiro atoms. The number of carboxylic acid groups (broad SMARTS) is 1. The number of benzene rings is 3. The van der Waals surface area contributed by atoms with E-state index in [0.717, 1.165) is 16.3 Å². The monoisotopic (exact) mass is 576 g/mol. The Morgan fingerprint density at radius 3 is 2.12 bits per heavy atom. The Hall–Kier alpha value is -4.93. The lowest BCUT2D eigenvalue weighted by atomic mass is 10.0. The lowest BCUT2D eigenvalue weighted by molar-refractivity contribution is -0.137. The van der Waals surface area contributed by atoms with E-state index >= 15 is 0 Å². The Kier molecular flexibility index (Phi) is 11.4. The Balaban J connectivity index is 1.67. The number of amides is 4. The van der Waals surface area contributed by atoms with Crippen molar-refractivity contribution in [2.75, 3.05) is 12.4 Å². The van der Waals surface area contributed by atoms with Gasteiger partial charge in [-0.25, -0.2) is 0 Å². The van der Waals surface area contributed by atoms with Gasteiger partial charge in [0, 0.05) is 36.4 Å². The first-order chi connectivity index (χ1) is 20.1. The summed E-state index contributed by atoms with van der Waals surface area (Å²) in [7, 11) is 1.55. The zero-order valence-corrected chi connectivity index (χ0v) is 23.8. The van der Waals surface area contributed by atoms with Gasteiger partial charge in [0.2, 0.25) is 23.6 Å². The highest BCUT2D eigenvalue weighted by molar-refractivity contribution is 6.01. The van der Waals surface area contributed by atoms with E-state index in [-0.39, 0.29) is 25.7 Å². The van der Waals surface area contributed by atoms with Gasteiger partial charge in [-0.3, -0.25) is 24.0 Å². The standard InChI is InChI=1S/C31H36N4O7/c1-19(32-27(36)14-9-15-28(37)38)29(39)33-20(2)30(40)35-25(16-21-10-5-4-6-11-21)31(41)34-23-17-22-12-7-8-13-24(22)26(18-23)42-3/h4-8,10-13,17-20,25H,9,14-16H2,1-3H3,(H,32,36)(H,33,39)(H,34,41)(H,35,40)(H,37,38)/t19-,20-,25-/m1/s1. The van der Waals surface area contributed by atoms with Crippen LogP contribution in [0.2, 0.25) is 0 Å². The maximum absolute atomic E-state index is 13.5. The lowest BCUT2D eigenvalue weighted by Gasteiger charge is -2.23. The minimum atomic E-state index is -1.02. The van der Waals surface area contributed by atoms with Gasteiger partial charge in [-0.15, -0.1) is 0 Å². The number of carbonyl (C=O) groups is 5. The van der Waals surface area contributed by atoms with Crippen LogP contribution in [0.15, 0.2) is 66.7 Å². The van der Waals surface area contributed by atoms with Crippen molar-refractivity contribution in [3.05, 3.63) is 72.3 Å². The molecule has 0 aliphatic rings. The van der Waals surface area contributed by atoms with Gasteiger partial charge in [-0.05, 0) is 37.3 Å². The maximum Gasteiger partial charge on any atom is 0.303 e. The van der Waals surface area contributed by atoms with Crippen molar-refractivity contribution in [2.45, 2.75) is 57.7 Å². The number of hydrogen-bond acceptors (Lipinski definition) is 6. The minimum Gasteiger partial charge on any atom is -0.496 e. The summed E-state index contributed by atoms with van der Waals surface area (Å²) in [6, 6.07) is 17.4. The highest BCUT2D eigenvalue weighted by Gasteiger charge is 2.26. The van der Waals surface area contributed by atoms with Crippen molar-refractivity contribution in [2.24, 2.45) is 0 Å². The van der Waals surface area contributed by atoms with Crippen LogP contribution in [0, 0.1) is 0 Å². The van der Waals surface area contributed by atoms with Gasteiger partial charge < -0.3 is 31.1 Å². The number of ether oxygens (including phenoxy) is 1. The molecule has 0 bridgehead atoms. The van der Waals surface area contributed by atoms with Crippen LogP contribution >= 0.6 is 0 Å². The molecule has 3 aromatic carbocycles. The molecule has 0 radical (unpaired) electrons. The summed E-state index contributed by atoms with van der Waals surface area (Å²) in [4.78, 5) is 61.8. The molecule has 4 amide bonds. The number of fused-ring (bicyclic) bond motifs is 1. The van der Waals surface area contributed by atoms with Gasteiger partial charge >= 0.3 is 5.97 Å². The Morgan fingerprint density at radius 2 is 1.43 bits per heavy atom. The smallest absolute Gasteiger partial charge is 0.303 e. The largest absolute Gasteiger partial charge is 0.496 e. The molecule has 0 unspecified atom stereocenters. The summed E-state index contributed by atoms with van der Waals surface area (Å²) in [5.74, 6) is -2.53. The fourth-order valence-electron chi connectivity index (χ4n) is 4.28. The van der Waals surface area contributed by atoms with E-state index in [1.54, 1.807) is 13.2 Å². The number of rotatable bonds is 14. The highest BCUT2D eigenvalue weighted by Crippen LogP contribution is 2.29. The zero-order chi connectivity index (χ0) is 30.6. The molecule has 42 heavy (non-hydrogen) atoms. The first-order valence-corrected chi connectivity index (χ1v) is 13.6. The zero-order valence-electron chi connectivity index (χ0n) is 23.8. The van der Waals surface area contributed by atoms with Crippen LogP contribution in [0.5, 0.6) is 5.75 Å². The molecule has 0 heterocycles. The van der Waals surface area contributed by atoms with E-state index in [9.17, 15) is 24.0 Å². The van der Waals surface area contributed by atoms with E-state index in [4.69, 9.17) is 9.84 Å². The van der Waals surface area contributed by atoms with Crippen molar-refractivity contribution in [1.82, 2.24) is 16.0 Å². The SMILES string of the molecule is COc1cc(NC(=O)[C@@H](Cc2ccccc2)NC(=O)[C@@H](C)NC(=O)[C@@H](C)NC(=O)CCCC(=O)O)cc2ccccc12. The van der Waals surface area contributed by atoms with Crippen molar-refractivity contribution >= 4 is 46.1 Å². The summed E-state index contributed by atoms with van der Waals surface area (Å²) < 4.78 is 5.50. The topological polar surface area (TPSA) is 163 Å². The maximum atomic E-state index is 13.5. The molecule has 0 aromatic heterocycles. The Labute approximate surface area is 244 Å². The second-order valence-electron chi connectivity index (χ2n) is 9.91. The highest BCUT2D eigenvalue weighted by atomic mass is 16.5. The molecule has 3 atom stereocenters. The van der Waals surface area contributed by atoms with Crippen molar-refractivity contribution < 1.29 is 33.8 Å². The lowest BCUT2D eigenvalue weighted by Crippen LogP contribution is -2.55. The third kappa shape index (κ3) is 9.33. The average molecular weight is 577 g/mol. The van der Waals surface area contributed by atoms with Crippen LogP contribution in [0.3, 0.4) is 0 Å². The van der Waals surface area contributed by atoms with Crippen molar-refractivity contribution in [3.63, 3.8) is 0 Å². The van der Waals surface area contributed by atoms with Gasteiger partial charge in [0.25, 0.3) is 0 Å². The molecular formula is C31H36N4O7. The third-order valence-electron chi connectivity index (χ3n) is 6.54. The summed E-state index contributed by atoms with van der Waals surface area (Å²) in [6.07, 6.45) is 0.147. The molecule has 0 fully saturated rings. The second kappa shape index (κ2) is 15.2. The van der Waals surface area contributed by atoms with Gasteiger partial charge in [-0.2, -0.15) is 0 Å². The number of hydrogen-bond donors (Lipinski definition) is 5. The molecule has 11 nitrogen and oxygen atoms in total. The minimum absolute atomic E-state index is 0.0423. The summed E-state index contributed by atoms with van der Waals surface area (Å²) in [5.41, 5.74) is 1.32. The quantitative estimate of drug-likeness (QED) is 0.197. The molecule has 5 N–H and O–H groups in total. The number of carbonyl (C=O) groups excluding carboxylic acids is 4. The second-order valence-corrected chi connectivity index (χ2v) is 9.91. The van der Waals surface area contributed by atoms with Crippen molar-refractivity contribution in [1.29, 1.82) is 0 Å². The number of aliphatic carboxylic acids is 1. The van der Waals surface area contributed by atoms with Crippen LogP contribution in [0.1, 0.15) is 38.7 Å². The van der Waals surface area contributed by atoms with Gasteiger partial charge in [0.15, 0.2) is 0 Å². The molecule has 3 aromatic rings. The average Bonchev–Trinajstić information content (AvgIpc) is 2.96. The molecule has 3 rings (SSSR count). The summed E-state index contributed by atoms with van der Waals surface area (Å²) in [6.45, 7) is 2.93. The fourth-order valence-corrected chi connectivity index (χ4v) is 4.28. The summed E-state index contributed by atoms with van der Waals surface area (Å²) in [5, 5.41) is 21.1. The molecule has 0 saturated heterocycles. The van der Waals surface area contributed by atoms with Gasteiger partial charge in [0.05, 0.1) is 7.11 Å². The first kappa shape index (κ1) is 31.6. The van der Waals surface area contributed by atoms with E-state index in [2.05, 4.69) is 21.3 Å². The number of anilines is 1. The number of methoxy groups -OCH3 is 1. The summed E-state index contributed by atoms with van der Waals surface area (Å²) >= 11 is 0. The number of carboxylic acids is 1. The third-order valence-corrected chi connectivity index (χ3v) is 6.54. The molecule has 0 aliphatic carbocycles. The molecular weight excluding hydrogens is 540 g/mol. The van der Waals surface area contributed by atoms with Crippen LogP contribution < -0.4 is 26.0 Å². The van der Waals surface area contributed by atoms with Crippen LogP contribution in [0.25, 0.3) is 10.8 Å². The van der Waals surface area contributed by atoms with E-state index in [0.29, 0.717) is 11.4 Å². The fraction of sp³-hybridized carbons (Fsp3) is 0.323. The predicted octanol–water partition coefficient (Wildman–Crippen LogP) is 2.78. The van der Waals surface area contributed by atoms with Gasteiger partial charge in [0.1, 0.15) is 23.9 Å². The van der Waals surface area contributed by atoms with Crippen LogP contribution in [-0.2, 0) is 30.4 Å².